The van der Waals surface area contributed by atoms with Crippen molar-refractivity contribution >= 4 is 67.5 Å². The molecule has 3 atom stereocenters. The zero-order valence-electron chi connectivity index (χ0n) is 26.3. The molecule has 0 heterocycles. The van der Waals surface area contributed by atoms with Crippen molar-refractivity contribution in [3.05, 3.63) is 0 Å². The Labute approximate surface area is 283 Å². The number of alkyl halides is 1. The number of hydrogen-bond acceptors (Lipinski definition) is 7. The summed E-state index contributed by atoms with van der Waals surface area (Å²) < 4.78 is 42.8. The van der Waals surface area contributed by atoms with E-state index in [1.54, 1.807) is 0 Å². The molecule has 3 unspecified atom stereocenters. The Hall–Kier alpha value is 0.290. The second-order valence-electron chi connectivity index (χ2n) is 10.5. The fraction of sp³-hybridized carbons (Fsp3) is 0.933. The van der Waals surface area contributed by atoms with Gasteiger partial charge in [-0.25, -0.2) is 0 Å². The monoisotopic (exact) mass is 683 g/mol. The molecule has 244 valence electrons. The van der Waals surface area contributed by atoms with Gasteiger partial charge in [-0.05, 0) is 31.1 Å². The molecule has 8 nitrogen and oxygen atoms in total. The van der Waals surface area contributed by atoms with E-state index in [0.717, 1.165) is 51.4 Å². The molecule has 0 radical (unpaired) electrons. The van der Waals surface area contributed by atoms with E-state index in [1.165, 1.54) is 56.7 Å². The number of esters is 2. The van der Waals surface area contributed by atoms with Gasteiger partial charge in [-0.3, -0.25) is 14.1 Å². The molecule has 0 saturated heterocycles. The fourth-order valence-electron chi connectivity index (χ4n) is 4.05. The molecule has 0 bridgehead atoms. The summed E-state index contributed by atoms with van der Waals surface area (Å²) in [6.45, 7) is 10.6. The third kappa shape index (κ3) is 30.1. The number of unbranched alkanes of at least 4 members (excludes halogenated alkanes) is 9. The van der Waals surface area contributed by atoms with Crippen molar-refractivity contribution in [3.8, 4) is 0 Å². The summed E-state index contributed by atoms with van der Waals surface area (Å²) in [4.78, 5) is 24.2. The van der Waals surface area contributed by atoms with E-state index >= 15 is 0 Å². The normalized spacial score (nSPS) is 13.0. The molecule has 0 aromatic heterocycles. The predicted molar refractivity (Wildman–Crippen MR) is 177 cm³/mol. The summed E-state index contributed by atoms with van der Waals surface area (Å²) in [6, 6.07) is 0. The van der Waals surface area contributed by atoms with Crippen molar-refractivity contribution in [2.45, 2.75) is 149 Å². The number of rotatable bonds is 24. The number of carbonyl (C=O) groups excluding carboxylic acids is 2. The van der Waals surface area contributed by atoms with E-state index in [1.807, 2.05) is 13.8 Å². The summed E-state index contributed by atoms with van der Waals surface area (Å²) in [6.07, 6.45) is 18.1. The van der Waals surface area contributed by atoms with Crippen LogP contribution < -0.4 is 6.15 Å². The second kappa shape index (κ2) is 33.2. The van der Waals surface area contributed by atoms with Gasteiger partial charge in [0.25, 0.3) is 10.1 Å². The Balaban J connectivity index is -0.000000446. The zero-order chi connectivity index (χ0) is 29.9. The Kier molecular flexibility index (Phi) is 39.0. The topological polar surface area (TPSA) is 142 Å². The van der Waals surface area contributed by atoms with Crippen LogP contribution in [0.15, 0.2) is 0 Å². The van der Waals surface area contributed by atoms with E-state index in [-0.39, 0.29) is 60.8 Å². The van der Waals surface area contributed by atoms with Crippen molar-refractivity contribution in [1.82, 2.24) is 6.15 Å². The number of carbonyl (C=O) groups is 2. The quantitative estimate of drug-likeness (QED) is 0.0341. The van der Waals surface area contributed by atoms with E-state index in [4.69, 9.17) is 9.47 Å². The maximum absolute atomic E-state index is 12.2. The van der Waals surface area contributed by atoms with E-state index < -0.39 is 33.7 Å². The van der Waals surface area contributed by atoms with Gasteiger partial charge in [0, 0.05) is 5.33 Å². The van der Waals surface area contributed by atoms with Gasteiger partial charge >= 0.3 is 41.5 Å². The van der Waals surface area contributed by atoms with Crippen LogP contribution in [0.25, 0.3) is 0 Å². The number of hydrogen-bond donors (Lipinski definition) is 2. The minimum absolute atomic E-state index is 0. The Morgan fingerprint density at radius 2 is 1.12 bits per heavy atom. The first-order valence-electron chi connectivity index (χ1n) is 15.4. The number of ether oxygens (including phenoxy) is 2. The molecule has 0 rings (SSSR count). The minimum atomic E-state index is -4.76. The van der Waals surface area contributed by atoms with Crippen LogP contribution >= 0.6 is 15.9 Å². The van der Waals surface area contributed by atoms with Crippen LogP contribution in [0.5, 0.6) is 0 Å². The van der Waals surface area contributed by atoms with Gasteiger partial charge in [0.1, 0.15) is 0 Å². The van der Waals surface area contributed by atoms with Crippen LogP contribution in [0.3, 0.4) is 0 Å². The standard InChI is InChI=1S/C20H38O7S.C10H21Br.H3N.Na.H/c1-5-9-11-16(7-3)14-26-19(21)13-18(28(23,24)25)20(22)27-15-17(8-4)12-10-6-2;1-2-3-4-5-6-7-8-9-10-11;;;/h16-18H,5-15H2,1-4H3,(H,23,24,25);2-10H2,1H3;1H3;;. The van der Waals surface area contributed by atoms with E-state index in [9.17, 15) is 22.6 Å². The van der Waals surface area contributed by atoms with Gasteiger partial charge < -0.3 is 15.6 Å². The maximum atomic E-state index is 12.2. The Bertz CT molecular complexity index is 690. The summed E-state index contributed by atoms with van der Waals surface area (Å²) in [5.41, 5.74) is 0. The molecular formula is C30H63BrNNaO7S. The zero-order valence-corrected chi connectivity index (χ0v) is 28.7. The van der Waals surface area contributed by atoms with E-state index in [2.05, 4.69) is 36.7 Å². The van der Waals surface area contributed by atoms with Gasteiger partial charge in [-0.1, -0.05) is 134 Å². The predicted octanol–water partition coefficient (Wildman–Crippen LogP) is 8.19. The Morgan fingerprint density at radius 3 is 1.51 bits per heavy atom. The second-order valence-corrected chi connectivity index (χ2v) is 12.9. The molecular weight excluding hydrogens is 621 g/mol. The molecule has 0 spiro atoms. The summed E-state index contributed by atoms with van der Waals surface area (Å²) >= 11 is 3.44. The Morgan fingerprint density at radius 1 is 0.707 bits per heavy atom. The van der Waals surface area contributed by atoms with Crippen molar-refractivity contribution in [1.29, 1.82) is 0 Å². The molecule has 0 aliphatic rings. The first kappa shape index (κ1) is 48.2. The first-order chi connectivity index (χ1) is 18.6. The average Bonchev–Trinajstić information content (AvgIpc) is 2.91. The summed E-state index contributed by atoms with van der Waals surface area (Å²) in [5.74, 6) is -1.61. The molecule has 0 aliphatic carbocycles. The molecule has 0 aromatic carbocycles. The van der Waals surface area contributed by atoms with Gasteiger partial charge in [0.2, 0.25) is 0 Å². The van der Waals surface area contributed by atoms with Gasteiger partial charge in [-0.2, -0.15) is 8.42 Å². The number of halogens is 1. The van der Waals surface area contributed by atoms with Gasteiger partial charge in [0.05, 0.1) is 19.6 Å². The van der Waals surface area contributed by atoms with Crippen molar-refractivity contribution < 1.29 is 32.0 Å². The van der Waals surface area contributed by atoms with Crippen LogP contribution in [0, 0.1) is 11.8 Å². The molecule has 0 aliphatic heterocycles. The van der Waals surface area contributed by atoms with Crippen LogP contribution in [-0.4, -0.2) is 78.3 Å². The van der Waals surface area contributed by atoms with Gasteiger partial charge in [0.15, 0.2) is 5.25 Å². The third-order valence-electron chi connectivity index (χ3n) is 6.99. The molecule has 0 amide bonds. The van der Waals surface area contributed by atoms with Crippen molar-refractivity contribution in [3.63, 3.8) is 0 Å². The summed E-state index contributed by atoms with van der Waals surface area (Å²) in [7, 11) is -4.76. The SMILES string of the molecule is CCCCC(CC)COC(=O)CC(C(=O)OCC(CC)CCCC)S(=O)(=O)O.CCCCCCCCCCBr.N.[NaH]. The first-order valence-corrected chi connectivity index (χ1v) is 18.1. The summed E-state index contributed by atoms with van der Waals surface area (Å²) in [5, 5.41) is -0.763. The molecule has 11 heteroatoms. The molecule has 0 fully saturated rings. The molecule has 41 heavy (non-hydrogen) atoms. The fourth-order valence-corrected chi connectivity index (χ4v) is 5.10. The van der Waals surface area contributed by atoms with Crippen LogP contribution in [0.1, 0.15) is 144 Å². The van der Waals surface area contributed by atoms with Gasteiger partial charge in [-0.15, -0.1) is 0 Å². The molecule has 4 N–H and O–H groups in total. The van der Waals surface area contributed by atoms with Crippen molar-refractivity contribution in [2.75, 3.05) is 18.5 Å². The van der Waals surface area contributed by atoms with Crippen molar-refractivity contribution in [2.24, 2.45) is 11.8 Å². The molecule has 0 saturated carbocycles. The molecule has 0 aromatic rings. The average molecular weight is 685 g/mol. The van der Waals surface area contributed by atoms with Crippen LogP contribution in [-0.2, 0) is 29.2 Å². The third-order valence-corrected chi connectivity index (χ3v) is 8.63. The van der Waals surface area contributed by atoms with E-state index in [0.29, 0.717) is 0 Å². The van der Waals surface area contributed by atoms with Crippen LogP contribution in [0.4, 0.5) is 0 Å². The van der Waals surface area contributed by atoms with Crippen LogP contribution in [0.2, 0.25) is 0 Å².